The largest absolute Gasteiger partial charge is 0.494 e. The van der Waals surface area contributed by atoms with Crippen LogP contribution in [0, 0.1) is 5.92 Å². The number of aromatic nitrogens is 2. The van der Waals surface area contributed by atoms with E-state index in [1.165, 1.54) is 19.3 Å². The Morgan fingerprint density at radius 3 is 2.42 bits per heavy atom. The SMILES string of the molecule is COCCCC1CCN(c2ccc(Nc3nc(Nc4ccccc4S(=O)(=O)C(C)C)c4ccccc4n3)c(OC)c2)CC1. The third kappa shape index (κ3) is 7.02. The number of ether oxygens (including phenoxy) is 2. The maximum Gasteiger partial charge on any atom is 0.229 e. The molecule has 4 aromatic rings. The lowest BCUT2D eigenvalue weighted by atomic mass is 9.92. The van der Waals surface area contributed by atoms with E-state index in [1.54, 1.807) is 52.3 Å². The van der Waals surface area contributed by atoms with Gasteiger partial charge in [-0.2, -0.15) is 4.98 Å². The fourth-order valence-electron chi connectivity index (χ4n) is 5.52. The van der Waals surface area contributed by atoms with E-state index in [9.17, 15) is 8.42 Å². The summed E-state index contributed by atoms with van der Waals surface area (Å²) >= 11 is 0. The van der Waals surface area contributed by atoms with Crippen molar-refractivity contribution in [1.82, 2.24) is 9.97 Å². The number of nitrogens with zero attached hydrogens (tertiary/aromatic N) is 3. The van der Waals surface area contributed by atoms with Crippen molar-refractivity contribution in [2.75, 3.05) is 49.4 Å². The van der Waals surface area contributed by atoms with E-state index >= 15 is 0 Å². The van der Waals surface area contributed by atoms with Crippen LogP contribution in [0.5, 0.6) is 5.75 Å². The van der Waals surface area contributed by atoms with Gasteiger partial charge in [0, 0.05) is 43.9 Å². The summed E-state index contributed by atoms with van der Waals surface area (Å²) in [5, 5.41) is 6.84. The Hall–Kier alpha value is -3.89. The third-order valence-electron chi connectivity index (χ3n) is 8.04. The molecule has 0 spiro atoms. The van der Waals surface area contributed by atoms with Crippen LogP contribution in [0.2, 0.25) is 0 Å². The molecule has 0 amide bonds. The number of para-hydroxylation sites is 2. The van der Waals surface area contributed by atoms with Gasteiger partial charge in [-0.15, -0.1) is 0 Å². The quantitative estimate of drug-likeness (QED) is 0.166. The molecule has 1 aromatic heterocycles. The van der Waals surface area contributed by atoms with Crippen molar-refractivity contribution in [2.45, 2.75) is 49.7 Å². The number of hydrogen-bond donors (Lipinski definition) is 2. The molecule has 1 aliphatic rings. The van der Waals surface area contributed by atoms with Crippen LogP contribution < -0.4 is 20.3 Å². The van der Waals surface area contributed by atoms with E-state index in [2.05, 4.69) is 27.7 Å². The lowest BCUT2D eigenvalue weighted by Crippen LogP contribution is -2.33. The number of sulfone groups is 1. The fraction of sp³-hybridized carbons (Fsp3) is 0.394. The van der Waals surface area contributed by atoms with Gasteiger partial charge in [-0.05, 0) is 81.8 Å². The first-order chi connectivity index (χ1) is 20.8. The first kappa shape index (κ1) is 30.6. The summed E-state index contributed by atoms with van der Waals surface area (Å²) in [6.45, 7) is 6.23. The minimum absolute atomic E-state index is 0.235. The first-order valence-corrected chi connectivity index (χ1v) is 16.4. The molecule has 0 saturated carbocycles. The molecule has 1 fully saturated rings. The van der Waals surface area contributed by atoms with E-state index in [1.807, 2.05) is 30.3 Å². The van der Waals surface area contributed by atoms with Gasteiger partial charge in [0.2, 0.25) is 5.95 Å². The minimum atomic E-state index is -3.52. The molecule has 0 radical (unpaired) electrons. The summed E-state index contributed by atoms with van der Waals surface area (Å²) in [6, 6.07) is 20.7. The Balaban J connectivity index is 1.39. The second-order valence-corrected chi connectivity index (χ2v) is 13.7. The topological polar surface area (TPSA) is 106 Å². The second-order valence-electron chi connectivity index (χ2n) is 11.2. The summed E-state index contributed by atoms with van der Waals surface area (Å²) in [7, 11) is -0.0955. The second kappa shape index (κ2) is 13.6. The average molecular weight is 604 g/mol. The number of rotatable bonds is 12. The number of fused-ring (bicyclic) bond motifs is 1. The molecule has 228 valence electrons. The Bertz CT molecular complexity index is 1650. The zero-order chi connectivity index (χ0) is 30.4. The van der Waals surface area contributed by atoms with Crippen LogP contribution in [0.3, 0.4) is 0 Å². The standard InChI is InChI=1S/C33H41N5O4S/c1-23(2)43(39,40)31-14-8-7-13-29(31)34-32-26-11-5-6-12-27(26)35-33(37-32)36-28-16-15-25(22-30(28)42-4)38-19-17-24(18-20-38)10-9-21-41-3/h5-8,11-16,22-24H,9-10,17-21H2,1-4H3,(H2,34,35,36,37). The zero-order valence-corrected chi connectivity index (χ0v) is 26.2. The number of nitrogens with one attached hydrogen (secondary N) is 2. The van der Waals surface area contributed by atoms with Crippen LogP contribution in [0.25, 0.3) is 10.9 Å². The molecular formula is C33H41N5O4S. The van der Waals surface area contributed by atoms with Crippen molar-refractivity contribution >= 4 is 49.6 Å². The van der Waals surface area contributed by atoms with Crippen LogP contribution >= 0.6 is 0 Å². The van der Waals surface area contributed by atoms with Crippen LogP contribution in [-0.4, -0.2) is 57.6 Å². The molecule has 3 aromatic carbocycles. The molecule has 0 atom stereocenters. The summed E-state index contributed by atoms with van der Waals surface area (Å²) in [6.07, 6.45) is 4.69. The molecule has 2 heterocycles. The van der Waals surface area contributed by atoms with Crippen LogP contribution in [0.15, 0.2) is 71.6 Å². The molecule has 1 aliphatic heterocycles. The van der Waals surface area contributed by atoms with E-state index in [4.69, 9.17) is 19.4 Å². The monoisotopic (exact) mass is 603 g/mol. The Labute approximate surface area is 254 Å². The lowest BCUT2D eigenvalue weighted by Gasteiger charge is -2.34. The molecule has 9 nitrogen and oxygen atoms in total. The molecule has 0 unspecified atom stereocenters. The highest BCUT2D eigenvalue weighted by Gasteiger charge is 2.24. The minimum Gasteiger partial charge on any atom is -0.494 e. The summed E-state index contributed by atoms with van der Waals surface area (Å²) in [5.41, 5.74) is 3.05. The predicted molar refractivity (Wildman–Crippen MR) is 174 cm³/mol. The molecule has 0 bridgehead atoms. The van der Waals surface area contributed by atoms with Gasteiger partial charge in [0.05, 0.1) is 34.1 Å². The Kier molecular flexibility index (Phi) is 9.67. The molecule has 0 aliphatic carbocycles. The maximum absolute atomic E-state index is 13.1. The number of methoxy groups -OCH3 is 2. The van der Waals surface area contributed by atoms with Crippen molar-refractivity contribution < 1.29 is 17.9 Å². The number of hydrogen-bond acceptors (Lipinski definition) is 9. The summed E-state index contributed by atoms with van der Waals surface area (Å²) < 4.78 is 37.2. The molecular weight excluding hydrogens is 562 g/mol. The normalized spacial score (nSPS) is 14.3. The first-order valence-electron chi connectivity index (χ1n) is 14.9. The summed E-state index contributed by atoms with van der Waals surface area (Å²) in [4.78, 5) is 12.2. The van der Waals surface area contributed by atoms with Gasteiger partial charge < -0.3 is 25.0 Å². The summed E-state index contributed by atoms with van der Waals surface area (Å²) in [5.74, 6) is 2.32. The number of piperidine rings is 1. The van der Waals surface area contributed by atoms with E-state index in [-0.39, 0.29) is 4.90 Å². The van der Waals surface area contributed by atoms with Crippen molar-refractivity contribution in [3.63, 3.8) is 0 Å². The van der Waals surface area contributed by atoms with E-state index < -0.39 is 15.1 Å². The highest BCUT2D eigenvalue weighted by atomic mass is 32.2. The molecule has 43 heavy (non-hydrogen) atoms. The highest BCUT2D eigenvalue weighted by Crippen LogP contribution is 2.35. The number of benzene rings is 3. The van der Waals surface area contributed by atoms with Crippen molar-refractivity contribution in [3.8, 4) is 5.75 Å². The Morgan fingerprint density at radius 2 is 1.67 bits per heavy atom. The van der Waals surface area contributed by atoms with Crippen molar-refractivity contribution in [2.24, 2.45) is 5.92 Å². The van der Waals surface area contributed by atoms with Crippen LogP contribution in [-0.2, 0) is 14.6 Å². The van der Waals surface area contributed by atoms with E-state index in [0.29, 0.717) is 23.2 Å². The van der Waals surface area contributed by atoms with Gasteiger partial charge in [-0.1, -0.05) is 24.3 Å². The maximum atomic E-state index is 13.1. The zero-order valence-electron chi connectivity index (χ0n) is 25.3. The van der Waals surface area contributed by atoms with Gasteiger partial charge in [0.25, 0.3) is 0 Å². The smallest absolute Gasteiger partial charge is 0.229 e. The van der Waals surface area contributed by atoms with Gasteiger partial charge in [0.15, 0.2) is 9.84 Å². The lowest BCUT2D eigenvalue weighted by molar-refractivity contribution is 0.183. The van der Waals surface area contributed by atoms with Gasteiger partial charge in [-0.25, -0.2) is 13.4 Å². The number of anilines is 5. The van der Waals surface area contributed by atoms with Crippen LogP contribution in [0.1, 0.15) is 39.5 Å². The van der Waals surface area contributed by atoms with E-state index in [0.717, 1.165) is 54.3 Å². The third-order valence-corrected chi connectivity index (χ3v) is 10.3. The van der Waals surface area contributed by atoms with Gasteiger partial charge in [-0.3, -0.25) is 0 Å². The highest BCUT2D eigenvalue weighted by molar-refractivity contribution is 7.92. The fourth-order valence-corrected chi connectivity index (χ4v) is 6.73. The predicted octanol–water partition coefficient (Wildman–Crippen LogP) is 6.95. The Morgan fingerprint density at radius 1 is 0.930 bits per heavy atom. The van der Waals surface area contributed by atoms with Gasteiger partial charge in [0.1, 0.15) is 11.6 Å². The molecule has 2 N–H and O–H groups in total. The van der Waals surface area contributed by atoms with Crippen molar-refractivity contribution in [1.29, 1.82) is 0 Å². The van der Waals surface area contributed by atoms with Gasteiger partial charge >= 0.3 is 0 Å². The molecule has 5 rings (SSSR count). The molecule has 1 saturated heterocycles. The van der Waals surface area contributed by atoms with Crippen LogP contribution in [0.4, 0.5) is 28.8 Å². The van der Waals surface area contributed by atoms with Crippen molar-refractivity contribution in [3.05, 3.63) is 66.7 Å². The molecule has 10 heteroatoms. The average Bonchev–Trinajstić information content (AvgIpc) is 3.02.